The normalized spacial score (nSPS) is 10.4. The van der Waals surface area contributed by atoms with Crippen LogP contribution < -0.4 is 5.73 Å². The Morgan fingerprint density at radius 1 is 1.23 bits per heavy atom. The lowest BCUT2D eigenvalue weighted by molar-refractivity contribution is 0.628. The molecule has 0 spiro atoms. The molecule has 3 aromatic rings. The summed E-state index contributed by atoms with van der Waals surface area (Å²) in [5, 5.41) is 9.36. The molecule has 22 heavy (non-hydrogen) atoms. The molecule has 0 aliphatic heterocycles. The Bertz CT molecular complexity index is 890. The third-order valence-corrected chi connectivity index (χ3v) is 3.50. The number of aryl methyl sites for hydroxylation is 1. The predicted octanol–water partition coefficient (Wildman–Crippen LogP) is 3.35. The molecule has 0 fully saturated rings. The summed E-state index contributed by atoms with van der Waals surface area (Å²) in [6.07, 6.45) is 1.88. The molecule has 0 amide bonds. The van der Waals surface area contributed by atoms with E-state index in [9.17, 15) is 9.65 Å². The van der Waals surface area contributed by atoms with E-state index in [1.807, 2.05) is 29.9 Å². The second-order valence-corrected chi connectivity index (χ2v) is 4.94. The van der Waals surface area contributed by atoms with Crippen molar-refractivity contribution in [3.05, 3.63) is 60.0 Å². The van der Waals surface area contributed by atoms with Gasteiger partial charge in [0.05, 0.1) is 5.69 Å². The molecular weight excluding hydrogens is 279 g/mol. The topological polar surface area (TPSA) is 67.6 Å². The van der Waals surface area contributed by atoms with Crippen LogP contribution in [-0.4, -0.2) is 9.55 Å². The highest BCUT2D eigenvalue weighted by Gasteiger charge is 2.15. The highest BCUT2D eigenvalue weighted by atomic mass is 19.1. The first-order valence-electron chi connectivity index (χ1n) is 6.68. The Hall–Kier alpha value is -3.13. The molecule has 108 valence electrons. The van der Waals surface area contributed by atoms with Crippen molar-refractivity contribution in [3.8, 4) is 28.6 Å². The van der Waals surface area contributed by atoms with Crippen LogP contribution in [0.5, 0.6) is 0 Å². The van der Waals surface area contributed by atoms with Gasteiger partial charge in [-0.3, -0.25) is 0 Å². The summed E-state index contributed by atoms with van der Waals surface area (Å²) in [6.45, 7) is 0. The fraction of sp³-hybridized carbons (Fsp3) is 0.0588. The molecule has 1 aromatic carbocycles. The van der Waals surface area contributed by atoms with Crippen LogP contribution in [0.2, 0.25) is 0 Å². The van der Waals surface area contributed by atoms with E-state index in [1.165, 1.54) is 12.1 Å². The lowest BCUT2D eigenvalue weighted by Gasteiger charge is -2.11. The molecule has 0 unspecified atom stereocenters. The monoisotopic (exact) mass is 292 g/mol. The van der Waals surface area contributed by atoms with Crippen LogP contribution in [-0.2, 0) is 7.05 Å². The minimum absolute atomic E-state index is 0.139. The number of benzene rings is 1. The van der Waals surface area contributed by atoms with E-state index in [1.54, 1.807) is 18.2 Å². The van der Waals surface area contributed by atoms with Crippen LogP contribution in [0.15, 0.2) is 48.7 Å². The maximum atomic E-state index is 13.4. The minimum Gasteiger partial charge on any atom is -0.383 e. The van der Waals surface area contributed by atoms with Crippen LogP contribution in [0.4, 0.5) is 10.2 Å². The van der Waals surface area contributed by atoms with E-state index in [0.29, 0.717) is 22.4 Å². The molecule has 2 aromatic heterocycles. The van der Waals surface area contributed by atoms with Gasteiger partial charge in [-0.05, 0) is 30.3 Å². The van der Waals surface area contributed by atoms with Crippen LogP contribution in [0.25, 0.3) is 22.5 Å². The third kappa shape index (κ3) is 2.31. The highest BCUT2D eigenvalue weighted by Crippen LogP contribution is 2.31. The number of anilines is 1. The number of nitrogen functional groups attached to an aromatic ring is 1. The molecule has 2 N–H and O–H groups in total. The van der Waals surface area contributed by atoms with Crippen LogP contribution >= 0.6 is 0 Å². The second kappa shape index (κ2) is 5.34. The van der Waals surface area contributed by atoms with E-state index >= 15 is 0 Å². The highest BCUT2D eigenvalue weighted by molar-refractivity contribution is 5.78. The quantitative estimate of drug-likeness (QED) is 0.787. The first kappa shape index (κ1) is 13.8. The summed E-state index contributed by atoms with van der Waals surface area (Å²) in [5.41, 5.74) is 8.93. The number of nitrogens with zero attached hydrogens (tertiary/aromatic N) is 3. The van der Waals surface area contributed by atoms with E-state index in [4.69, 9.17) is 5.73 Å². The van der Waals surface area contributed by atoms with E-state index < -0.39 is 0 Å². The zero-order valence-electron chi connectivity index (χ0n) is 11.9. The Kier molecular flexibility index (Phi) is 3.36. The van der Waals surface area contributed by atoms with Crippen molar-refractivity contribution in [3.63, 3.8) is 0 Å². The molecule has 0 bridgehead atoms. The average molecular weight is 292 g/mol. The summed E-state index contributed by atoms with van der Waals surface area (Å²) < 4.78 is 15.3. The first-order valence-corrected chi connectivity index (χ1v) is 6.68. The van der Waals surface area contributed by atoms with Crippen molar-refractivity contribution in [1.29, 1.82) is 5.26 Å². The van der Waals surface area contributed by atoms with E-state index in [0.717, 1.165) is 5.69 Å². The second-order valence-electron chi connectivity index (χ2n) is 4.94. The minimum atomic E-state index is -0.345. The van der Waals surface area contributed by atoms with Crippen molar-refractivity contribution >= 4 is 5.82 Å². The molecular formula is C17H13FN4. The van der Waals surface area contributed by atoms with Gasteiger partial charge in [0.1, 0.15) is 23.3 Å². The molecule has 5 heteroatoms. The smallest absolute Gasteiger partial charge is 0.142 e. The first-order chi connectivity index (χ1) is 10.6. The van der Waals surface area contributed by atoms with Crippen LogP contribution in [0, 0.1) is 17.1 Å². The number of aromatic nitrogens is 2. The Labute approximate surface area is 127 Å². The van der Waals surface area contributed by atoms with Crippen molar-refractivity contribution in [2.75, 3.05) is 5.73 Å². The molecule has 4 nitrogen and oxygen atoms in total. The van der Waals surface area contributed by atoms with Crippen molar-refractivity contribution in [2.45, 2.75) is 0 Å². The summed E-state index contributed by atoms with van der Waals surface area (Å²) in [4.78, 5) is 4.23. The number of halogens is 1. The molecule has 0 aliphatic carbocycles. The molecule has 3 rings (SSSR count). The zero-order chi connectivity index (χ0) is 15.7. The lowest BCUT2D eigenvalue weighted by atomic mass is 10.0. The number of hydrogen-bond donors (Lipinski definition) is 1. The van der Waals surface area contributed by atoms with Crippen molar-refractivity contribution < 1.29 is 4.39 Å². The van der Waals surface area contributed by atoms with Crippen molar-refractivity contribution in [1.82, 2.24) is 9.55 Å². The summed E-state index contributed by atoms with van der Waals surface area (Å²) in [6, 6.07) is 13.8. The Morgan fingerprint density at radius 2 is 2.05 bits per heavy atom. The average Bonchev–Trinajstić information content (AvgIpc) is 2.92. The van der Waals surface area contributed by atoms with Gasteiger partial charge in [0.25, 0.3) is 0 Å². The molecule has 0 saturated heterocycles. The molecule has 2 heterocycles. The van der Waals surface area contributed by atoms with E-state index in [2.05, 4.69) is 11.1 Å². The Balaban J connectivity index is 2.26. The number of hydrogen-bond acceptors (Lipinski definition) is 3. The molecule has 0 aliphatic rings. The van der Waals surface area contributed by atoms with Gasteiger partial charge in [0.2, 0.25) is 0 Å². The van der Waals surface area contributed by atoms with Gasteiger partial charge in [-0.2, -0.15) is 5.26 Å². The zero-order valence-corrected chi connectivity index (χ0v) is 11.9. The number of rotatable bonds is 2. The van der Waals surface area contributed by atoms with Gasteiger partial charge in [-0.25, -0.2) is 9.37 Å². The molecule has 0 atom stereocenters. The Morgan fingerprint density at radius 3 is 2.68 bits per heavy atom. The SMILES string of the molecule is Cn1cccc1-c1cc(-c2cccc(F)c2)nc(N)c1C#N. The summed E-state index contributed by atoms with van der Waals surface area (Å²) in [5.74, 6) is -0.205. The van der Waals surface area contributed by atoms with E-state index in [-0.39, 0.29) is 11.6 Å². The standard InChI is InChI=1S/C17H13FN4/c1-22-7-3-6-16(22)13-9-15(21-17(20)14(13)10-19)11-4-2-5-12(18)8-11/h2-9H,1H3,(H2,20,21). The predicted molar refractivity (Wildman–Crippen MR) is 83.2 cm³/mol. The maximum Gasteiger partial charge on any atom is 0.142 e. The van der Waals surface area contributed by atoms with Gasteiger partial charge in [-0.1, -0.05) is 12.1 Å². The van der Waals surface area contributed by atoms with Gasteiger partial charge < -0.3 is 10.3 Å². The summed E-state index contributed by atoms with van der Waals surface area (Å²) in [7, 11) is 1.88. The van der Waals surface area contributed by atoms with Gasteiger partial charge in [0, 0.05) is 30.1 Å². The summed E-state index contributed by atoms with van der Waals surface area (Å²) >= 11 is 0. The van der Waals surface area contributed by atoms with Crippen molar-refractivity contribution in [2.24, 2.45) is 7.05 Å². The third-order valence-electron chi connectivity index (χ3n) is 3.50. The number of pyridine rings is 1. The van der Waals surface area contributed by atoms with Gasteiger partial charge in [-0.15, -0.1) is 0 Å². The fourth-order valence-corrected chi connectivity index (χ4v) is 2.42. The number of nitriles is 1. The van der Waals surface area contributed by atoms with Crippen LogP contribution in [0.1, 0.15) is 5.56 Å². The lowest BCUT2D eigenvalue weighted by Crippen LogP contribution is -2.01. The molecule has 0 saturated carbocycles. The largest absolute Gasteiger partial charge is 0.383 e. The molecule has 0 radical (unpaired) electrons. The van der Waals surface area contributed by atoms with Gasteiger partial charge >= 0.3 is 0 Å². The van der Waals surface area contributed by atoms with Crippen LogP contribution in [0.3, 0.4) is 0 Å². The number of nitrogens with two attached hydrogens (primary N) is 1. The maximum absolute atomic E-state index is 13.4. The van der Waals surface area contributed by atoms with Gasteiger partial charge in [0.15, 0.2) is 0 Å². The fourth-order valence-electron chi connectivity index (χ4n) is 2.42.